The van der Waals surface area contributed by atoms with Gasteiger partial charge < -0.3 is 9.80 Å². The van der Waals surface area contributed by atoms with Crippen LogP contribution in [0, 0.1) is 41.5 Å². The zero-order chi connectivity index (χ0) is 58.0. The van der Waals surface area contributed by atoms with Crippen LogP contribution in [0.2, 0.25) is 0 Å². The molecule has 2 aliphatic carbocycles. The average molecular weight is 1100 g/mol. The summed E-state index contributed by atoms with van der Waals surface area (Å²) in [6, 6.07) is 106. The van der Waals surface area contributed by atoms with E-state index in [2.05, 4.69) is 330 Å². The zero-order valence-electron chi connectivity index (χ0n) is 49.5. The predicted octanol–water partition coefficient (Wildman–Crippen LogP) is 22.1. The molecule has 0 amide bonds. The molecule has 14 aromatic carbocycles. The van der Waals surface area contributed by atoms with E-state index in [4.69, 9.17) is 0 Å². The number of fused-ring (bicyclic) bond motifs is 6. The van der Waals surface area contributed by atoms with Gasteiger partial charge in [-0.3, -0.25) is 0 Å². The van der Waals surface area contributed by atoms with Gasteiger partial charge in [0.15, 0.2) is 0 Å². The number of aryl methyl sites for hydroxylation is 6. The summed E-state index contributed by atoms with van der Waals surface area (Å²) in [5, 5.41) is 7.52. The third-order valence-electron chi connectivity index (χ3n) is 19.5. The number of para-hydroxylation sites is 2. The Morgan fingerprint density at radius 2 is 0.523 bits per heavy atom. The molecular formula is C84H64N2. The minimum atomic E-state index is -0.557. The molecule has 0 radical (unpaired) electrons. The molecule has 410 valence electrons. The van der Waals surface area contributed by atoms with Crippen LogP contribution in [0.25, 0.3) is 54.6 Å². The Hall–Kier alpha value is -10.3. The predicted molar refractivity (Wildman–Crippen MR) is 363 cm³/mol. The van der Waals surface area contributed by atoms with Crippen LogP contribution in [-0.2, 0) is 10.8 Å². The van der Waals surface area contributed by atoms with Crippen LogP contribution in [0.5, 0.6) is 0 Å². The first-order valence-corrected chi connectivity index (χ1v) is 30.3. The first kappa shape index (κ1) is 51.4. The lowest BCUT2D eigenvalue weighted by molar-refractivity contribution is 0.768. The molecule has 0 aliphatic heterocycles. The quantitative estimate of drug-likeness (QED) is 0.126. The van der Waals surface area contributed by atoms with Gasteiger partial charge in [0.1, 0.15) is 0 Å². The molecule has 86 heavy (non-hydrogen) atoms. The van der Waals surface area contributed by atoms with Crippen LogP contribution >= 0.6 is 0 Å². The monoisotopic (exact) mass is 1100 g/mol. The minimum Gasteiger partial charge on any atom is -0.309 e. The van der Waals surface area contributed by atoms with Gasteiger partial charge in [0.25, 0.3) is 0 Å². The van der Waals surface area contributed by atoms with E-state index >= 15 is 0 Å². The third kappa shape index (κ3) is 7.26. The molecule has 2 aliphatic rings. The van der Waals surface area contributed by atoms with Crippen molar-refractivity contribution in [3.05, 3.63) is 357 Å². The Balaban J connectivity index is 0.947. The first-order valence-electron chi connectivity index (χ1n) is 30.3. The fraction of sp³-hybridized carbons (Fsp3) is 0.0952. The Morgan fingerprint density at radius 3 is 0.872 bits per heavy atom. The highest BCUT2D eigenvalue weighted by Crippen LogP contribution is 2.60. The molecule has 0 fully saturated rings. The minimum absolute atomic E-state index is 0.557. The number of anilines is 6. The molecule has 14 aromatic rings. The fourth-order valence-corrected chi connectivity index (χ4v) is 15.9. The van der Waals surface area contributed by atoms with Crippen molar-refractivity contribution in [1.82, 2.24) is 0 Å². The molecule has 2 nitrogen and oxygen atoms in total. The zero-order valence-corrected chi connectivity index (χ0v) is 49.5. The smallest absolute Gasteiger partial charge is 0.0714 e. The van der Waals surface area contributed by atoms with E-state index in [1.54, 1.807) is 0 Å². The second-order valence-corrected chi connectivity index (χ2v) is 24.2. The van der Waals surface area contributed by atoms with Crippen LogP contribution in [0.15, 0.2) is 279 Å². The maximum Gasteiger partial charge on any atom is 0.0714 e. The maximum absolute atomic E-state index is 2.59. The van der Waals surface area contributed by atoms with Gasteiger partial charge in [-0.15, -0.1) is 0 Å². The van der Waals surface area contributed by atoms with Crippen molar-refractivity contribution in [2.75, 3.05) is 9.80 Å². The van der Waals surface area contributed by atoms with Gasteiger partial charge in [-0.05, 0) is 200 Å². The van der Waals surface area contributed by atoms with E-state index in [0.29, 0.717) is 0 Å². The van der Waals surface area contributed by atoms with Crippen molar-refractivity contribution in [2.45, 2.75) is 52.4 Å². The van der Waals surface area contributed by atoms with Crippen LogP contribution in [0.4, 0.5) is 34.1 Å². The van der Waals surface area contributed by atoms with Gasteiger partial charge in [0.2, 0.25) is 0 Å². The van der Waals surface area contributed by atoms with Crippen LogP contribution in [0.1, 0.15) is 77.9 Å². The van der Waals surface area contributed by atoms with Crippen molar-refractivity contribution in [1.29, 1.82) is 0 Å². The van der Waals surface area contributed by atoms with Crippen LogP contribution in [0.3, 0.4) is 0 Å². The lowest BCUT2D eigenvalue weighted by Crippen LogP contribution is -2.29. The van der Waals surface area contributed by atoms with Crippen molar-refractivity contribution < 1.29 is 0 Å². The summed E-state index contributed by atoms with van der Waals surface area (Å²) < 4.78 is 0. The standard InChI is InChI=1S/C84H64N2/c1-53-25-21-26-54(2)81(53)85(63-35-23-33-61(51-63)83(59-29-9-7-10-30-59)73-41-17-13-37-67(73)68-38-14-18-42-74(68)83)77-49-57(5)65-46-48-72-78(50-58(6)66-45-47-71(77)79(65)80(66)72)86(82-55(3)27-22-28-56(82)4)64-36-24-34-62(52-64)84(60-31-11-8-12-32-60)75-43-19-15-39-69(75)70-40-16-20-44-76(70)84/h7-52H,1-6H3. The highest BCUT2D eigenvalue weighted by molar-refractivity contribution is 6.29. The summed E-state index contributed by atoms with van der Waals surface area (Å²) in [5.74, 6) is 0. The largest absolute Gasteiger partial charge is 0.309 e. The Labute approximate surface area is 504 Å². The Bertz CT molecular complexity index is 4580. The lowest BCUT2D eigenvalue weighted by atomic mass is 9.67. The molecular weight excluding hydrogens is 1040 g/mol. The van der Waals surface area contributed by atoms with E-state index in [-0.39, 0.29) is 0 Å². The van der Waals surface area contributed by atoms with E-state index < -0.39 is 10.8 Å². The molecule has 0 N–H and O–H groups in total. The summed E-state index contributed by atoms with van der Waals surface area (Å²) in [6.45, 7) is 13.7. The van der Waals surface area contributed by atoms with Crippen LogP contribution in [-0.4, -0.2) is 0 Å². The van der Waals surface area contributed by atoms with Gasteiger partial charge in [-0.1, -0.05) is 243 Å². The van der Waals surface area contributed by atoms with Gasteiger partial charge in [-0.25, -0.2) is 0 Å². The summed E-state index contributed by atoms with van der Waals surface area (Å²) >= 11 is 0. The second-order valence-electron chi connectivity index (χ2n) is 24.2. The van der Waals surface area contributed by atoms with Crippen LogP contribution < -0.4 is 9.80 Å². The molecule has 16 rings (SSSR count). The second kappa shape index (κ2) is 19.7. The first-order chi connectivity index (χ1) is 42.2. The fourth-order valence-electron chi connectivity index (χ4n) is 15.9. The number of rotatable bonds is 10. The molecule has 0 saturated carbocycles. The molecule has 0 heterocycles. The summed E-state index contributed by atoms with van der Waals surface area (Å²) in [5.41, 5.74) is 28.5. The van der Waals surface area contributed by atoms with Gasteiger partial charge in [0.05, 0.1) is 33.6 Å². The Kier molecular flexibility index (Phi) is 11.7. The maximum atomic E-state index is 2.59. The van der Waals surface area contributed by atoms with Gasteiger partial charge in [-0.2, -0.15) is 0 Å². The summed E-state index contributed by atoms with van der Waals surface area (Å²) in [4.78, 5) is 5.17. The normalized spacial score (nSPS) is 13.4. The highest BCUT2D eigenvalue weighted by atomic mass is 15.2. The lowest BCUT2D eigenvalue weighted by Gasteiger charge is -2.36. The average Bonchev–Trinajstić information content (AvgIpc) is 1.42. The number of benzene rings is 14. The van der Waals surface area contributed by atoms with Crippen molar-refractivity contribution in [3.8, 4) is 22.3 Å². The summed E-state index contributed by atoms with van der Waals surface area (Å²) in [7, 11) is 0. The topological polar surface area (TPSA) is 6.48 Å². The van der Waals surface area contributed by atoms with E-state index in [0.717, 1.165) is 22.7 Å². The molecule has 0 spiro atoms. The van der Waals surface area contributed by atoms with E-state index in [1.165, 1.54) is 144 Å². The van der Waals surface area contributed by atoms with E-state index in [1.807, 2.05) is 0 Å². The molecule has 0 aromatic heterocycles. The molecule has 0 bridgehead atoms. The number of hydrogen-bond acceptors (Lipinski definition) is 2. The molecule has 0 saturated heterocycles. The van der Waals surface area contributed by atoms with Gasteiger partial charge in [0, 0.05) is 22.1 Å². The summed E-state index contributed by atoms with van der Waals surface area (Å²) in [6.07, 6.45) is 0. The molecule has 2 heteroatoms. The van der Waals surface area contributed by atoms with E-state index in [9.17, 15) is 0 Å². The Morgan fingerprint density at radius 1 is 0.233 bits per heavy atom. The number of nitrogens with zero attached hydrogens (tertiary/aromatic N) is 2. The van der Waals surface area contributed by atoms with Crippen molar-refractivity contribution >= 4 is 66.4 Å². The third-order valence-corrected chi connectivity index (χ3v) is 19.5. The van der Waals surface area contributed by atoms with Gasteiger partial charge >= 0.3 is 0 Å². The highest BCUT2D eigenvalue weighted by Gasteiger charge is 2.48. The molecule has 0 atom stereocenters. The van der Waals surface area contributed by atoms with Crippen molar-refractivity contribution in [3.63, 3.8) is 0 Å². The molecule has 0 unspecified atom stereocenters. The number of hydrogen-bond donors (Lipinski definition) is 0. The van der Waals surface area contributed by atoms with Crippen molar-refractivity contribution in [2.24, 2.45) is 0 Å². The SMILES string of the molecule is Cc1cccc(C)c1N(c1cccc(C2(c3ccccc3)c3ccccc3-c3ccccc32)c1)c1cc(C)c2ccc3c(N(c4cccc(C5(c6ccccc6)c6ccccc6-c6ccccc65)c4)c4c(C)cccc4C)cc(C)c4ccc1c2c43.